The highest BCUT2D eigenvalue weighted by molar-refractivity contribution is 6.31. The zero-order valence-corrected chi connectivity index (χ0v) is 19.2. The molecule has 6 nitrogen and oxygen atoms in total. The summed E-state index contributed by atoms with van der Waals surface area (Å²) < 4.78 is 3.57. The van der Waals surface area contributed by atoms with E-state index < -0.39 is 6.04 Å². The maximum atomic E-state index is 13.1. The van der Waals surface area contributed by atoms with Crippen molar-refractivity contribution in [2.75, 3.05) is 0 Å². The van der Waals surface area contributed by atoms with Gasteiger partial charge in [0, 0.05) is 23.9 Å². The molecule has 0 aliphatic rings. The fraction of sp³-hybridized carbons (Fsp3) is 0.240. The molecule has 0 fully saturated rings. The molecule has 2 heterocycles. The second-order valence-electron chi connectivity index (χ2n) is 7.72. The van der Waals surface area contributed by atoms with Gasteiger partial charge in [0.25, 0.3) is 0 Å². The number of rotatable bonds is 7. The summed E-state index contributed by atoms with van der Waals surface area (Å²) in [4.78, 5) is 13.1. The standard InChI is InChI=1S/C25H26ClN5O/c1-4-22(31-18(3)23(26)17(2)28-31)25(32)27-15-20-16-30(21-13-9-6-10-14-21)29-24(20)19-11-7-5-8-12-19/h5-14,16,22H,4,15H2,1-3H3,(H,27,32). The van der Waals surface area contributed by atoms with E-state index in [-0.39, 0.29) is 5.91 Å². The maximum Gasteiger partial charge on any atom is 0.245 e. The minimum atomic E-state index is -0.425. The number of hydrogen-bond donors (Lipinski definition) is 1. The third-order valence-electron chi connectivity index (χ3n) is 5.53. The van der Waals surface area contributed by atoms with E-state index in [9.17, 15) is 4.79 Å². The van der Waals surface area contributed by atoms with Crippen LogP contribution in [0.2, 0.25) is 5.02 Å². The average Bonchev–Trinajstić information content (AvgIpc) is 3.36. The Kier molecular flexibility index (Phi) is 6.42. The van der Waals surface area contributed by atoms with Crippen molar-refractivity contribution in [1.82, 2.24) is 24.9 Å². The van der Waals surface area contributed by atoms with Crippen molar-refractivity contribution in [3.05, 3.63) is 88.8 Å². The second kappa shape index (κ2) is 9.40. The molecule has 164 valence electrons. The Hall–Kier alpha value is -3.38. The summed E-state index contributed by atoms with van der Waals surface area (Å²) >= 11 is 6.30. The van der Waals surface area contributed by atoms with Crippen molar-refractivity contribution < 1.29 is 4.79 Å². The van der Waals surface area contributed by atoms with Gasteiger partial charge in [0.1, 0.15) is 6.04 Å². The van der Waals surface area contributed by atoms with E-state index in [2.05, 4.69) is 10.4 Å². The van der Waals surface area contributed by atoms with Crippen LogP contribution >= 0.6 is 11.6 Å². The summed E-state index contributed by atoms with van der Waals surface area (Å²) in [7, 11) is 0. The smallest absolute Gasteiger partial charge is 0.245 e. The van der Waals surface area contributed by atoms with E-state index in [1.165, 1.54) is 0 Å². The van der Waals surface area contributed by atoms with Gasteiger partial charge in [0.2, 0.25) is 5.91 Å². The van der Waals surface area contributed by atoms with Crippen LogP contribution in [0.4, 0.5) is 0 Å². The highest BCUT2D eigenvalue weighted by atomic mass is 35.5. The Morgan fingerprint density at radius 3 is 2.28 bits per heavy atom. The maximum absolute atomic E-state index is 13.1. The van der Waals surface area contributed by atoms with Crippen molar-refractivity contribution in [3.63, 3.8) is 0 Å². The van der Waals surface area contributed by atoms with Gasteiger partial charge in [-0.3, -0.25) is 9.48 Å². The summed E-state index contributed by atoms with van der Waals surface area (Å²) in [5.74, 6) is -0.0961. The summed E-state index contributed by atoms with van der Waals surface area (Å²) in [5, 5.41) is 13.0. The number of hydrogen-bond acceptors (Lipinski definition) is 3. The Balaban J connectivity index is 1.61. The Morgan fingerprint density at radius 2 is 1.69 bits per heavy atom. The molecule has 32 heavy (non-hydrogen) atoms. The van der Waals surface area contributed by atoms with Crippen LogP contribution in [-0.4, -0.2) is 25.5 Å². The molecule has 0 saturated heterocycles. The topological polar surface area (TPSA) is 64.7 Å². The van der Waals surface area contributed by atoms with E-state index in [1.54, 1.807) is 4.68 Å². The van der Waals surface area contributed by atoms with Crippen molar-refractivity contribution >= 4 is 17.5 Å². The van der Waals surface area contributed by atoms with Crippen LogP contribution in [0.5, 0.6) is 0 Å². The lowest BCUT2D eigenvalue weighted by atomic mass is 10.1. The quantitative estimate of drug-likeness (QED) is 0.419. The number of amides is 1. The fourth-order valence-corrected chi connectivity index (χ4v) is 3.93. The van der Waals surface area contributed by atoms with E-state index in [0.29, 0.717) is 18.0 Å². The van der Waals surface area contributed by atoms with E-state index in [4.69, 9.17) is 16.7 Å². The molecule has 4 aromatic rings. The predicted molar refractivity (Wildman–Crippen MR) is 127 cm³/mol. The van der Waals surface area contributed by atoms with E-state index in [1.807, 2.05) is 92.3 Å². The molecule has 0 saturated carbocycles. The average molecular weight is 448 g/mol. The predicted octanol–water partition coefficient (Wildman–Crippen LogP) is 5.27. The molecular weight excluding hydrogens is 422 g/mol. The number of nitrogens with zero attached hydrogens (tertiary/aromatic N) is 4. The van der Waals surface area contributed by atoms with Gasteiger partial charge >= 0.3 is 0 Å². The third-order valence-corrected chi connectivity index (χ3v) is 6.08. The van der Waals surface area contributed by atoms with Gasteiger partial charge in [-0.25, -0.2) is 4.68 Å². The van der Waals surface area contributed by atoms with Gasteiger partial charge in [0.15, 0.2) is 0 Å². The molecule has 0 aliphatic carbocycles. The molecular formula is C25H26ClN5O. The zero-order valence-electron chi connectivity index (χ0n) is 18.4. The first-order valence-corrected chi connectivity index (χ1v) is 11.1. The normalized spacial score (nSPS) is 12.0. The lowest BCUT2D eigenvalue weighted by molar-refractivity contribution is -0.124. The SMILES string of the molecule is CCC(C(=O)NCc1cn(-c2ccccc2)nc1-c1ccccc1)n1nc(C)c(Cl)c1C. The molecule has 1 amide bonds. The van der Waals surface area contributed by atoms with Gasteiger partial charge in [0.05, 0.1) is 27.8 Å². The molecule has 7 heteroatoms. The largest absolute Gasteiger partial charge is 0.350 e. The van der Waals surface area contributed by atoms with Crippen molar-refractivity contribution in [2.45, 2.75) is 39.8 Å². The second-order valence-corrected chi connectivity index (χ2v) is 8.10. The first-order chi connectivity index (χ1) is 15.5. The molecule has 1 atom stereocenters. The van der Waals surface area contributed by atoms with E-state index >= 15 is 0 Å². The molecule has 1 N–H and O–H groups in total. The number of halogens is 1. The van der Waals surface area contributed by atoms with Crippen LogP contribution in [0.15, 0.2) is 66.9 Å². The zero-order chi connectivity index (χ0) is 22.7. The molecule has 0 bridgehead atoms. The van der Waals surface area contributed by atoms with Crippen molar-refractivity contribution in [2.24, 2.45) is 0 Å². The van der Waals surface area contributed by atoms with Gasteiger partial charge in [-0.05, 0) is 32.4 Å². The number of benzene rings is 2. The third kappa shape index (κ3) is 4.32. The van der Waals surface area contributed by atoms with Crippen LogP contribution in [0.3, 0.4) is 0 Å². The van der Waals surface area contributed by atoms with Gasteiger partial charge in [-0.15, -0.1) is 0 Å². The van der Waals surface area contributed by atoms with Crippen LogP contribution in [0.25, 0.3) is 16.9 Å². The summed E-state index contributed by atoms with van der Waals surface area (Å²) in [6.45, 7) is 6.06. The van der Waals surface area contributed by atoms with Crippen LogP contribution in [0.1, 0.15) is 36.3 Å². The molecule has 2 aromatic carbocycles. The first kappa shape index (κ1) is 21.8. The Morgan fingerprint density at radius 1 is 1.03 bits per heavy atom. The van der Waals surface area contributed by atoms with Gasteiger partial charge < -0.3 is 5.32 Å². The molecule has 1 unspecified atom stereocenters. The lowest BCUT2D eigenvalue weighted by Gasteiger charge is -2.17. The number of carbonyl (C=O) groups is 1. The molecule has 4 rings (SSSR count). The summed E-state index contributed by atoms with van der Waals surface area (Å²) in [6.07, 6.45) is 2.58. The van der Waals surface area contributed by atoms with Crippen LogP contribution < -0.4 is 5.32 Å². The highest BCUT2D eigenvalue weighted by Crippen LogP contribution is 2.26. The van der Waals surface area contributed by atoms with Crippen LogP contribution in [0, 0.1) is 13.8 Å². The molecule has 2 aromatic heterocycles. The number of carbonyl (C=O) groups excluding carboxylic acids is 1. The highest BCUT2D eigenvalue weighted by Gasteiger charge is 2.24. The first-order valence-electron chi connectivity index (χ1n) is 10.7. The summed E-state index contributed by atoms with van der Waals surface area (Å²) in [6, 6.07) is 19.5. The lowest BCUT2D eigenvalue weighted by Crippen LogP contribution is -2.33. The van der Waals surface area contributed by atoms with Gasteiger partial charge in [-0.2, -0.15) is 10.2 Å². The summed E-state index contributed by atoms with van der Waals surface area (Å²) in [5.41, 5.74) is 5.28. The van der Waals surface area contributed by atoms with Gasteiger partial charge in [-0.1, -0.05) is 67.1 Å². The number of para-hydroxylation sites is 1. The number of nitrogens with one attached hydrogen (secondary N) is 1. The monoisotopic (exact) mass is 447 g/mol. The molecule has 0 radical (unpaired) electrons. The minimum Gasteiger partial charge on any atom is -0.350 e. The molecule has 0 spiro atoms. The van der Waals surface area contributed by atoms with Crippen LogP contribution in [-0.2, 0) is 11.3 Å². The van der Waals surface area contributed by atoms with Crippen molar-refractivity contribution in [3.8, 4) is 16.9 Å². The minimum absolute atomic E-state index is 0.0961. The Labute approximate surface area is 192 Å². The van der Waals surface area contributed by atoms with E-state index in [0.717, 1.165) is 33.9 Å². The molecule has 0 aliphatic heterocycles. The van der Waals surface area contributed by atoms with Crippen molar-refractivity contribution in [1.29, 1.82) is 0 Å². The number of aromatic nitrogens is 4. The number of aryl methyl sites for hydroxylation is 1. The Bertz CT molecular complexity index is 1210. The fourth-order valence-electron chi connectivity index (χ4n) is 3.81.